The molecule has 3 amide bonds. The Morgan fingerprint density at radius 2 is 1.60 bits per heavy atom. The minimum atomic E-state index is -2.48. The van der Waals surface area contributed by atoms with Gasteiger partial charge in [0.05, 0.1) is 34.2 Å². The molecule has 0 bridgehead atoms. The monoisotopic (exact) mass is 1250 g/mol. The molecule has 13 rings (SSSR count). The molecule has 482 valence electrons. The Labute approximate surface area is 527 Å². The van der Waals surface area contributed by atoms with Crippen molar-refractivity contribution in [3.63, 3.8) is 0 Å². The highest BCUT2D eigenvalue weighted by Crippen LogP contribution is 2.48. The number of imide groups is 1. The first-order valence-corrected chi connectivity index (χ1v) is 35.7. The zero-order valence-corrected chi connectivity index (χ0v) is 54.9. The second kappa shape index (κ2) is 24.8. The Morgan fingerprint density at radius 3 is 2.31 bits per heavy atom. The number of ether oxygens (including phenoxy) is 3. The summed E-state index contributed by atoms with van der Waals surface area (Å²) < 4.78 is 63.6. The van der Waals surface area contributed by atoms with Gasteiger partial charge in [-0.2, -0.15) is 9.97 Å². The highest BCUT2D eigenvalue weighted by molar-refractivity contribution is 6.78. The van der Waals surface area contributed by atoms with Crippen molar-refractivity contribution >= 4 is 64.8 Å². The summed E-state index contributed by atoms with van der Waals surface area (Å²) in [4.78, 5) is 76.0. The predicted octanol–water partition coefficient (Wildman–Crippen LogP) is 11.7. The normalized spacial score (nSPS) is 24.1. The molecule has 0 radical (unpaired) electrons. The van der Waals surface area contributed by atoms with Crippen LogP contribution in [0.4, 0.5) is 19.4 Å². The van der Waals surface area contributed by atoms with Crippen molar-refractivity contribution in [2.45, 2.75) is 184 Å². The van der Waals surface area contributed by atoms with Crippen molar-refractivity contribution in [3.05, 3.63) is 81.9 Å². The number of carbonyl (C=O) groups excluding carboxylic acids is 3. The van der Waals surface area contributed by atoms with Gasteiger partial charge >= 0.3 is 17.8 Å². The number of aromatic nitrogens is 5. The summed E-state index contributed by atoms with van der Waals surface area (Å²) in [5.41, 5.74) is 3.74. The van der Waals surface area contributed by atoms with E-state index in [1.54, 1.807) is 28.4 Å². The molecule has 7 aliphatic heterocycles. The van der Waals surface area contributed by atoms with Gasteiger partial charge in [0.1, 0.15) is 47.9 Å². The van der Waals surface area contributed by atoms with Crippen molar-refractivity contribution in [2.24, 2.45) is 13.0 Å². The van der Waals surface area contributed by atoms with Gasteiger partial charge in [0, 0.05) is 70.4 Å². The Hall–Kier alpha value is -6.55. The molecule has 4 atom stereocenters. The molecule has 7 aliphatic rings. The van der Waals surface area contributed by atoms with Crippen molar-refractivity contribution in [1.29, 1.82) is 0 Å². The van der Waals surface area contributed by atoms with E-state index in [4.69, 9.17) is 33.6 Å². The number of carbonyl (C=O) groups is 3. The van der Waals surface area contributed by atoms with Crippen LogP contribution in [0.2, 0.25) is 16.6 Å². The molecule has 3 aromatic carbocycles. The number of nitrogens with one attached hydrogen (secondary N) is 1. The van der Waals surface area contributed by atoms with E-state index in [0.717, 1.165) is 119 Å². The van der Waals surface area contributed by atoms with E-state index in [1.165, 1.54) is 6.07 Å². The number of hydrogen-bond donors (Lipinski definition) is 1. The molecule has 21 heteroatoms. The lowest BCUT2D eigenvalue weighted by Crippen LogP contribution is -2.56. The molecular formula is C69H90F2N10O8Si. The van der Waals surface area contributed by atoms with Gasteiger partial charge in [0.15, 0.2) is 5.82 Å². The summed E-state index contributed by atoms with van der Waals surface area (Å²) >= 11 is 0. The van der Waals surface area contributed by atoms with Gasteiger partial charge in [-0.3, -0.25) is 33.9 Å². The van der Waals surface area contributed by atoms with Gasteiger partial charge in [0.2, 0.25) is 11.8 Å². The number of halogens is 2. The molecule has 3 aromatic heterocycles. The second-order valence-electron chi connectivity index (χ2n) is 28.2. The van der Waals surface area contributed by atoms with Crippen LogP contribution in [0, 0.1) is 17.6 Å². The molecule has 6 aromatic rings. The molecular weight excluding hydrogens is 1160 g/mol. The van der Waals surface area contributed by atoms with Gasteiger partial charge < -0.3 is 33.3 Å². The van der Waals surface area contributed by atoms with Crippen LogP contribution in [0.15, 0.2) is 53.5 Å². The molecule has 90 heavy (non-hydrogen) atoms. The standard InChI is InChI=1S/C69H90F2N10O8Si/c1-9-51-54(70)14-12-48-34-50(89-90(42(2)3,43(4)5)44(6)7)36-52(59(48)51)61-60(71)62-53(37-72-61)63(79-27-11-24-69(40-79)26-33-88-69)75-65(74-62)87-41-68-23-10-28-80(68)49(18-25-68)39-86-67(85)78-31-19-45(20-32-78)38-77-29-21-46(22-30-77)47-13-15-55-57(35-47)81(66(84)76(55)8)56-16-17-58(82)73-64(56)83/h12-15,34-37,42-46,49,56H,9-11,16-33,38-41H2,1-8H3,(H,73,82,83)/t49-,56?,68-,69?/m0/s1. The van der Waals surface area contributed by atoms with Gasteiger partial charge in [-0.15, -0.1) is 0 Å². The van der Waals surface area contributed by atoms with E-state index in [1.807, 2.05) is 30.0 Å². The average Bonchev–Trinajstić information content (AvgIpc) is 1.43. The third-order valence-electron chi connectivity index (χ3n) is 22.2. The van der Waals surface area contributed by atoms with Crippen molar-refractivity contribution in [3.8, 4) is 23.0 Å². The van der Waals surface area contributed by atoms with Gasteiger partial charge in [-0.05, 0) is 177 Å². The Kier molecular flexibility index (Phi) is 17.2. The second-order valence-corrected chi connectivity index (χ2v) is 33.6. The smallest absolute Gasteiger partial charge is 0.409 e. The van der Waals surface area contributed by atoms with Crippen LogP contribution in [0.1, 0.15) is 155 Å². The van der Waals surface area contributed by atoms with Gasteiger partial charge in [-0.1, -0.05) is 60.6 Å². The lowest BCUT2D eigenvalue weighted by atomic mass is 9.86. The lowest BCUT2D eigenvalue weighted by molar-refractivity contribution is -0.151. The third-order valence-corrected chi connectivity index (χ3v) is 28.2. The molecule has 0 saturated carbocycles. The summed E-state index contributed by atoms with van der Waals surface area (Å²) in [5, 5.41) is 4.24. The molecule has 1 N–H and O–H groups in total. The Bertz CT molecular complexity index is 3780. The summed E-state index contributed by atoms with van der Waals surface area (Å²) in [5.74, 6) is 0.258. The molecule has 18 nitrogen and oxygen atoms in total. The minimum Gasteiger partial charge on any atom is -0.543 e. The Morgan fingerprint density at radius 1 is 0.844 bits per heavy atom. The summed E-state index contributed by atoms with van der Waals surface area (Å²) in [6.45, 7) is 23.0. The van der Waals surface area contributed by atoms with Crippen LogP contribution in [0.5, 0.6) is 11.8 Å². The van der Waals surface area contributed by atoms with E-state index in [0.29, 0.717) is 90.9 Å². The first-order valence-electron chi connectivity index (χ1n) is 33.6. The number of imidazole rings is 1. The molecule has 0 aliphatic carbocycles. The number of fused-ring (bicyclic) bond motifs is 4. The van der Waals surface area contributed by atoms with Crippen LogP contribution >= 0.6 is 0 Å². The quantitative estimate of drug-likeness (QED) is 0.0673. The van der Waals surface area contributed by atoms with E-state index in [-0.39, 0.29) is 94.2 Å². The van der Waals surface area contributed by atoms with Crippen LogP contribution in [0.3, 0.4) is 0 Å². The summed E-state index contributed by atoms with van der Waals surface area (Å²) in [6, 6.07) is 12.7. The van der Waals surface area contributed by atoms with Crippen LogP contribution in [-0.4, -0.2) is 154 Å². The molecule has 1 spiro atoms. The number of rotatable bonds is 17. The van der Waals surface area contributed by atoms with E-state index >= 15 is 8.78 Å². The molecule has 7 fully saturated rings. The van der Waals surface area contributed by atoms with E-state index in [9.17, 15) is 19.2 Å². The largest absolute Gasteiger partial charge is 0.543 e. The number of likely N-dealkylation sites (tertiary alicyclic amines) is 2. The number of benzene rings is 3. The zero-order chi connectivity index (χ0) is 63.0. The number of piperidine rings is 4. The van der Waals surface area contributed by atoms with Crippen LogP contribution < -0.4 is 25.1 Å². The summed E-state index contributed by atoms with van der Waals surface area (Å²) in [7, 11) is -0.754. The maximum atomic E-state index is 18.1. The fourth-order valence-corrected chi connectivity index (χ4v) is 22.6. The SMILES string of the molecule is CCc1c(F)ccc2cc(O[Si](C(C)C)(C(C)C)C(C)C)cc(-c3ncc4c(N5CCCC6(CCO6)C5)nc(OC[C@@]56CCCN5[C@H](COC(=O)N5CCC(CN7CCC(c8ccc9c(c8)n(C8CCC(=O)NC8=O)c(=O)n9C)CC7)CC5)CC6)nc4c3F)c12. The fourth-order valence-electron chi connectivity index (χ4n) is 17.4. The topological polar surface area (TPSA) is 179 Å². The van der Waals surface area contributed by atoms with Crippen molar-refractivity contribution < 1.29 is 41.8 Å². The highest BCUT2D eigenvalue weighted by atomic mass is 28.4. The van der Waals surface area contributed by atoms with Gasteiger partial charge in [-0.25, -0.2) is 18.4 Å². The molecule has 2 unspecified atom stereocenters. The number of amides is 3. The van der Waals surface area contributed by atoms with E-state index in [2.05, 4.69) is 73.7 Å². The van der Waals surface area contributed by atoms with Crippen molar-refractivity contribution in [1.82, 2.24) is 44.1 Å². The number of hydrogen-bond acceptors (Lipinski definition) is 14. The predicted molar refractivity (Wildman–Crippen MR) is 346 cm³/mol. The number of aryl methyl sites for hydroxylation is 2. The van der Waals surface area contributed by atoms with Crippen LogP contribution in [-0.2, 0) is 32.5 Å². The first-order chi connectivity index (χ1) is 43.3. The zero-order valence-electron chi connectivity index (χ0n) is 53.9. The first kappa shape index (κ1) is 62.3. The highest BCUT2D eigenvalue weighted by Gasteiger charge is 2.51. The Balaban J connectivity index is 0.670. The molecule has 7 saturated heterocycles. The maximum absolute atomic E-state index is 18.1. The van der Waals surface area contributed by atoms with Gasteiger partial charge in [0.25, 0.3) is 8.32 Å². The number of anilines is 1. The average molecular weight is 1250 g/mol. The van der Waals surface area contributed by atoms with Crippen molar-refractivity contribution in [2.75, 3.05) is 77.1 Å². The minimum absolute atomic E-state index is 0.0263. The number of nitrogens with zero attached hydrogens (tertiary/aromatic N) is 9. The summed E-state index contributed by atoms with van der Waals surface area (Å²) in [6.07, 6.45) is 12.4. The maximum Gasteiger partial charge on any atom is 0.409 e. The lowest BCUT2D eigenvalue weighted by Gasteiger charge is -2.48. The fraction of sp³-hybridized carbons (Fsp3) is 0.609. The third kappa shape index (κ3) is 11.3. The number of pyridine rings is 1. The molecule has 10 heterocycles. The van der Waals surface area contributed by atoms with Crippen LogP contribution in [0.25, 0.3) is 44.0 Å². The van der Waals surface area contributed by atoms with E-state index < -0.39 is 26.1 Å².